The summed E-state index contributed by atoms with van der Waals surface area (Å²) in [6.07, 6.45) is 16.0. The number of anilines is 2. The fraction of sp³-hybridized carbons (Fsp3) is 0.0833. The van der Waals surface area contributed by atoms with E-state index < -0.39 is 11.3 Å². The van der Waals surface area contributed by atoms with Gasteiger partial charge in [-0.2, -0.15) is 0 Å². The molecule has 2 aliphatic rings. The van der Waals surface area contributed by atoms with Crippen molar-refractivity contribution in [1.82, 2.24) is 0 Å². The van der Waals surface area contributed by atoms with Gasteiger partial charge in [0.15, 0.2) is 0 Å². The highest BCUT2D eigenvalue weighted by atomic mass is 15.1. The fourth-order valence-corrected chi connectivity index (χ4v) is 3.23. The van der Waals surface area contributed by atoms with Crippen molar-refractivity contribution in [2.75, 3.05) is 10.6 Å². The Morgan fingerprint density at radius 1 is 0.500 bits per heavy atom. The van der Waals surface area contributed by atoms with Crippen LogP contribution >= 0.6 is 0 Å². The zero-order chi connectivity index (χ0) is 19.5. The van der Waals surface area contributed by atoms with Crippen LogP contribution in [0.2, 0.25) is 0 Å². The summed E-state index contributed by atoms with van der Waals surface area (Å²) in [5.41, 5.74) is 15.6. The van der Waals surface area contributed by atoms with Crippen molar-refractivity contribution in [3.05, 3.63) is 120 Å². The Morgan fingerprint density at radius 2 is 0.821 bits per heavy atom. The molecule has 2 aliphatic carbocycles. The van der Waals surface area contributed by atoms with Gasteiger partial charge in [-0.25, -0.2) is 0 Å². The average molecular weight is 368 g/mol. The lowest BCUT2D eigenvalue weighted by molar-refractivity contribution is 0.744. The Balaban J connectivity index is 1.47. The molecule has 4 heteroatoms. The Labute approximate surface area is 165 Å². The molecule has 0 heterocycles. The summed E-state index contributed by atoms with van der Waals surface area (Å²) in [6.45, 7) is 0. The van der Waals surface area contributed by atoms with Crippen LogP contribution in [0.4, 0.5) is 11.4 Å². The molecule has 0 saturated carbocycles. The van der Waals surface area contributed by atoms with Crippen LogP contribution in [0.5, 0.6) is 0 Å². The number of hydrogen-bond acceptors (Lipinski definition) is 4. The molecule has 0 radical (unpaired) electrons. The monoisotopic (exact) mass is 368 g/mol. The third-order valence-corrected chi connectivity index (χ3v) is 4.76. The molecule has 0 aliphatic heterocycles. The lowest BCUT2D eigenvalue weighted by Crippen LogP contribution is -2.45. The van der Waals surface area contributed by atoms with E-state index in [-0.39, 0.29) is 0 Å². The molecule has 2 aromatic carbocycles. The van der Waals surface area contributed by atoms with Gasteiger partial charge in [-0.15, -0.1) is 0 Å². The van der Waals surface area contributed by atoms with E-state index in [1.807, 2.05) is 109 Å². The van der Waals surface area contributed by atoms with Gasteiger partial charge < -0.3 is 22.1 Å². The van der Waals surface area contributed by atoms with Crippen LogP contribution in [0.25, 0.3) is 0 Å². The molecular formula is C24H24N4. The summed E-state index contributed by atoms with van der Waals surface area (Å²) in [7, 11) is 0. The molecule has 140 valence electrons. The lowest BCUT2D eigenvalue weighted by Gasteiger charge is -2.29. The molecule has 0 spiro atoms. The van der Waals surface area contributed by atoms with Crippen LogP contribution < -0.4 is 22.1 Å². The van der Waals surface area contributed by atoms with Gasteiger partial charge in [0.25, 0.3) is 0 Å². The largest absolute Gasteiger partial charge is 0.361 e. The van der Waals surface area contributed by atoms with Gasteiger partial charge in [-0.05, 0) is 59.7 Å². The van der Waals surface area contributed by atoms with E-state index in [9.17, 15) is 0 Å². The van der Waals surface area contributed by atoms with Gasteiger partial charge in [-0.3, -0.25) is 0 Å². The van der Waals surface area contributed by atoms with Crippen LogP contribution in [0, 0.1) is 0 Å². The maximum Gasteiger partial charge on any atom is 0.125 e. The van der Waals surface area contributed by atoms with Crippen molar-refractivity contribution < 1.29 is 0 Å². The molecule has 0 amide bonds. The molecule has 4 rings (SSSR count). The molecule has 0 unspecified atom stereocenters. The van der Waals surface area contributed by atoms with Crippen molar-refractivity contribution in [3.8, 4) is 0 Å². The summed E-state index contributed by atoms with van der Waals surface area (Å²) < 4.78 is 0. The highest BCUT2D eigenvalue weighted by molar-refractivity contribution is 5.58. The highest BCUT2D eigenvalue weighted by Crippen LogP contribution is 2.26. The SMILES string of the molecule is NC1(Nc2ccccc2)C=CC(=C2C=CC(N)(Nc3ccccc3)C=C2)C=C1. The van der Waals surface area contributed by atoms with Gasteiger partial charge in [0.2, 0.25) is 0 Å². The van der Waals surface area contributed by atoms with Crippen molar-refractivity contribution in [3.63, 3.8) is 0 Å². The Bertz CT molecular complexity index is 868. The molecular weight excluding hydrogens is 344 g/mol. The second kappa shape index (κ2) is 7.35. The lowest BCUT2D eigenvalue weighted by atomic mass is 9.93. The number of allylic oxidation sites excluding steroid dienone is 6. The van der Waals surface area contributed by atoms with Crippen LogP contribution in [-0.2, 0) is 0 Å². The molecule has 0 aromatic heterocycles. The molecule has 28 heavy (non-hydrogen) atoms. The van der Waals surface area contributed by atoms with E-state index in [4.69, 9.17) is 11.5 Å². The van der Waals surface area contributed by atoms with Crippen LogP contribution in [0.1, 0.15) is 0 Å². The van der Waals surface area contributed by atoms with Crippen molar-refractivity contribution >= 4 is 11.4 Å². The zero-order valence-electron chi connectivity index (χ0n) is 15.5. The minimum absolute atomic E-state index is 0.708. The Morgan fingerprint density at radius 3 is 1.14 bits per heavy atom. The third-order valence-electron chi connectivity index (χ3n) is 4.76. The standard InChI is InChI=1S/C24H24N4/c25-23(27-21-7-3-1-4-8-21)15-11-19(12-16-23)20-13-17-24(26,18-14-20)28-22-9-5-2-6-10-22/h1-18,27-28H,25-26H2. The Kier molecular flexibility index (Phi) is 4.74. The highest BCUT2D eigenvalue weighted by Gasteiger charge is 2.23. The molecule has 0 bridgehead atoms. The fourth-order valence-electron chi connectivity index (χ4n) is 3.23. The topological polar surface area (TPSA) is 76.1 Å². The summed E-state index contributed by atoms with van der Waals surface area (Å²) in [6, 6.07) is 19.9. The van der Waals surface area contributed by atoms with E-state index >= 15 is 0 Å². The van der Waals surface area contributed by atoms with Crippen molar-refractivity contribution in [1.29, 1.82) is 0 Å². The van der Waals surface area contributed by atoms with E-state index in [0.29, 0.717) is 0 Å². The number of rotatable bonds is 4. The number of hydrogen-bond donors (Lipinski definition) is 4. The first-order valence-corrected chi connectivity index (χ1v) is 9.29. The van der Waals surface area contributed by atoms with Gasteiger partial charge in [0.05, 0.1) is 0 Å². The van der Waals surface area contributed by atoms with Gasteiger partial charge in [0.1, 0.15) is 11.3 Å². The minimum atomic E-state index is -0.708. The summed E-state index contributed by atoms with van der Waals surface area (Å²) in [5.74, 6) is 0. The molecule has 0 atom stereocenters. The number of nitrogens with two attached hydrogens (primary N) is 2. The summed E-state index contributed by atoms with van der Waals surface area (Å²) in [4.78, 5) is 0. The molecule has 2 aromatic rings. The first-order chi connectivity index (χ1) is 13.5. The molecule has 0 fully saturated rings. The maximum atomic E-state index is 6.44. The first kappa shape index (κ1) is 18.0. The minimum Gasteiger partial charge on any atom is -0.361 e. The number of nitrogens with one attached hydrogen (secondary N) is 2. The van der Waals surface area contributed by atoms with E-state index in [2.05, 4.69) is 10.6 Å². The van der Waals surface area contributed by atoms with Crippen LogP contribution in [-0.4, -0.2) is 11.3 Å². The second-order valence-corrected chi connectivity index (χ2v) is 7.09. The van der Waals surface area contributed by atoms with E-state index in [0.717, 1.165) is 22.5 Å². The first-order valence-electron chi connectivity index (χ1n) is 9.29. The van der Waals surface area contributed by atoms with Crippen molar-refractivity contribution in [2.24, 2.45) is 11.5 Å². The number of para-hydroxylation sites is 2. The predicted molar refractivity (Wildman–Crippen MR) is 118 cm³/mol. The van der Waals surface area contributed by atoms with Gasteiger partial charge >= 0.3 is 0 Å². The average Bonchev–Trinajstić information content (AvgIpc) is 2.71. The third kappa shape index (κ3) is 4.14. The van der Waals surface area contributed by atoms with E-state index in [1.165, 1.54) is 0 Å². The Hall–Kier alpha value is -3.34. The normalized spacial score (nSPS) is 25.8. The van der Waals surface area contributed by atoms with E-state index in [1.54, 1.807) is 0 Å². The maximum absolute atomic E-state index is 6.44. The molecule has 6 N–H and O–H groups in total. The number of benzene rings is 2. The summed E-state index contributed by atoms with van der Waals surface area (Å²) >= 11 is 0. The summed E-state index contributed by atoms with van der Waals surface area (Å²) in [5, 5.41) is 6.67. The smallest absolute Gasteiger partial charge is 0.125 e. The van der Waals surface area contributed by atoms with Crippen LogP contribution in [0.3, 0.4) is 0 Å². The second-order valence-electron chi connectivity index (χ2n) is 7.09. The zero-order valence-corrected chi connectivity index (χ0v) is 15.5. The quantitative estimate of drug-likeness (QED) is 0.614. The molecule has 0 saturated heterocycles. The predicted octanol–water partition coefficient (Wildman–Crippen LogP) is 4.07. The van der Waals surface area contributed by atoms with Gasteiger partial charge in [0, 0.05) is 11.4 Å². The molecule has 4 nitrogen and oxygen atoms in total. The van der Waals surface area contributed by atoms with Crippen molar-refractivity contribution in [2.45, 2.75) is 11.3 Å². The van der Waals surface area contributed by atoms with Gasteiger partial charge in [-0.1, -0.05) is 60.7 Å². The van der Waals surface area contributed by atoms with Crippen LogP contribution in [0.15, 0.2) is 120 Å².